The van der Waals surface area contributed by atoms with Gasteiger partial charge in [-0.3, -0.25) is 4.79 Å². The van der Waals surface area contributed by atoms with E-state index in [9.17, 15) is 13.6 Å². The average molecular weight is 393 g/mol. The molecule has 0 spiro atoms. The van der Waals surface area contributed by atoms with Gasteiger partial charge >= 0.3 is 0 Å². The number of amides is 1. The van der Waals surface area contributed by atoms with Gasteiger partial charge in [0.15, 0.2) is 0 Å². The molecule has 2 aromatic rings. The van der Waals surface area contributed by atoms with Crippen LogP contribution in [0.5, 0.6) is 0 Å². The van der Waals surface area contributed by atoms with Crippen LogP contribution in [-0.2, 0) is 0 Å². The van der Waals surface area contributed by atoms with Crippen molar-refractivity contribution in [2.24, 2.45) is 0 Å². The maximum absolute atomic E-state index is 12.6. The van der Waals surface area contributed by atoms with Gasteiger partial charge in [-0.25, -0.2) is 9.97 Å². The molecule has 9 heteroatoms. The standard InChI is InChI=1S/C18H21F2N5OS/c19-18(20)27-14-6-2-1-5-13(14)17(26)22-8-7-21-15-11-16(24-12-23-15)25-9-3-4-10-25/h1-2,5-6,11-12,18H,3-4,7-10H2,(H,22,26)(H,21,23,24). The van der Waals surface area contributed by atoms with E-state index in [1.165, 1.54) is 25.2 Å². The Morgan fingerprint density at radius 3 is 2.74 bits per heavy atom. The first-order valence-electron chi connectivity index (χ1n) is 8.76. The Morgan fingerprint density at radius 2 is 1.96 bits per heavy atom. The molecule has 2 N–H and O–H groups in total. The number of benzene rings is 1. The number of halogens is 2. The minimum Gasteiger partial charge on any atom is -0.368 e. The third-order valence-electron chi connectivity index (χ3n) is 4.15. The Hall–Kier alpha value is -2.42. The number of alkyl halides is 2. The molecule has 2 heterocycles. The molecule has 0 atom stereocenters. The van der Waals surface area contributed by atoms with Crippen molar-refractivity contribution >= 4 is 29.3 Å². The highest BCUT2D eigenvalue weighted by atomic mass is 32.2. The predicted molar refractivity (Wildman–Crippen MR) is 103 cm³/mol. The van der Waals surface area contributed by atoms with Crippen LogP contribution in [0.2, 0.25) is 0 Å². The second-order valence-corrected chi connectivity index (χ2v) is 7.04. The molecule has 1 amide bonds. The van der Waals surface area contributed by atoms with Crippen LogP contribution in [0.1, 0.15) is 23.2 Å². The summed E-state index contributed by atoms with van der Waals surface area (Å²) in [6, 6.07) is 8.24. The van der Waals surface area contributed by atoms with E-state index < -0.39 is 5.76 Å². The van der Waals surface area contributed by atoms with Gasteiger partial charge in [0, 0.05) is 37.1 Å². The first-order valence-corrected chi connectivity index (χ1v) is 9.64. The molecule has 1 saturated heterocycles. The zero-order chi connectivity index (χ0) is 19.1. The van der Waals surface area contributed by atoms with Crippen molar-refractivity contribution in [3.63, 3.8) is 0 Å². The molecule has 3 rings (SSSR count). The lowest BCUT2D eigenvalue weighted by Crippen LogP contribution is -2.29. The number of carbonyl (C=O) groups is 1. The van der Waals surface area contributed by atoms with E-state index in [-0.39, 0.29) is 16.4 Å². The van der Waals surface area contributed by atoms with Crippen LogP contribution in [0, 0.1) is 0 Å². The highest BCUT2D eigenvalue weighted by Gasteiger charge is 2.15. The lowest BCUT2D eigenvalue weighted by Gasteiger charge is -2.16. The zero-order valence-corrected chi connectivity index (χ0v) is 15.5. The maximum atomic E-state index is 12.6. The number of rotatable bonds is 8. The SMILES string of the molecule is O=C(NCCNc1cc(N2CCCC2)ncn1)c1ccccc1SC(F)F. The van der Waals surface area contributed by atoms with Gasteiger partial charge < -0.3 is 15.5 Å². The van der Waals surface area contributed by atoms with Crippen LogP contribution in [-0.4, -0.2) is 47.8 Å². The lowest BCUT2D eigenvalue weighted by atomic mass is 10.2. The van der Waals surface area contributed by atoms with Gasteiger partial charge in [-0.1, -0.05) is 23.9 Å². The Labute approximate surface area is 160 Å². The minimum atomic E-state index is -2.57. The quantitative estimate of drug-likeness (QED) is 0.530. The molecule has 6 nitrogen and oxygen atoms in total. The van der Waals surface area contributed by atoms with E-state index in [1.807, 2.05) is 6.07 Å². The van der Waals surface area contributed by atoms with Gasteiger partial charge in [-0.05, 0) is 25.0 Å². The molecule has 0 saturated carbocycles. The van der Waals surface area contributed by atoms with E-state index in [0.717, 1.165) is 18.9 Å². The topological polar surface area (TPSA) is 70.2 Å². The fourth-order valence-corrected chi connectivity index (χ4v) is 3.51. The molecule has 0 bridgehead atoms. The minimum absolute atomic E-state index is 0.251. The molecule has 1 aromatic heterocycles. The summed E-state index contributed by atoms with van der Waals surface area (Å²) in [4.78, 5) is 23.2. The lowest BCUT2D eigenvalue weighted by molar-refractivity contribution is 0.0952. The van der Waals surface area contributed by atoms with Gasteiger partial charge in [0.05, 0.1) is 5.56 Å². The second kappa shape index (κ2) is 9.50. The van der Waals surface area contributed by atoms with E-state index in [4.69, 9.17) is 0 Å². The summed E-state index contributed by atoms with van der Waals surface area (Å²) >= 11 is 0.372. The molecule has 1 aromatic carbocycles. The molecule has 144 valence electrons. The zero-order valence-electron chi connectivity index (χ0n) is 14.7. The summed E-state index contributed by atoms with van der Waals surface area (Å²) in [5.41, 5.74) is 0.251. The van der Waals surface area contributed by atoms with Crippen molar-refractivity contribution in [3.8, 4) is 0 Å². The van der Waals surface area contributed by atoms with Crippen LogP contribution < -0.4 is 15.5 Å². The van der Waals surface area contributed by atoms with E-state index in [2.05, 4.69) is 25.5 Å². The molecule has 0 unspecified atom stereocenters. The number of thioether (sulfide) groups is 1. The third kappa shape index (κ3) is 5.53. The summed E-state index contributed by atoms with van der Waals surface area (Å²) in [5, 5.41) is 5.88. The van der Waals surface area contributed by atoms with Crippen LogP contribution in [0.3, 0.4) is 0 Å². The van der Waals surface area contributed by atoms with Crippen molar-refractivity contribution < 1.29 is 13.6 Å². The van der Waals surface area contributed by atoms with Crippen LogP contribution in [0.15, 0.2) is 41.6 Å². The third-order valence-corrected chi connectivity index (χ3v) is 4.94. The van der Waals surface area contributed by atoms with Gasteiger partial charge in [-0.2, -0.15) is 8.78 Å². The molecule has 1 aliphatic heterocycles. The molecule has 0 radical (unpaired) electrons. The van der Waals surface area contributed by atoms with Gasteiger partial charge in [-0.15, -0.1) is 0 Å². The normalized spacial score (nSPS) is 13.8. The van der Waals surface area contributed by atoms with E-state index in [1.54, 1.807) is 18.2 Å². The Morgan fingerprint density at radius 1 is 1.19 bits per heavy atom. The smallest absolute Gasteiger partial charge is 0.288 e. The summed E-state index contributed by atoms with van der Waals surface area (Å²) < 4.78 is 25.2. The van der Waals surface area contributed by atoms with Crippen molar-refractivity contribution in [2.75, 3.05) is 36.4 Å². The number of anilines is 2. The molecular formula is C18H21F2N5OS. The fourth-order valence-electron chi connectivity index (χ4n) is 2.88. The fraction of sp³-hybridized carbons (Fsp3) is 0.389. The number of aromatic nitrogens is 2. The van der Waals surface area contributed by atoms with Crippen LogP contribution in [0.25, 0.3) is 0 Å². The highest BCUT2D eigenvalue weighted by molar-refractivity contribution is 7.99. The monoisotopic (exact) mass is 393 g/mol. The van der Waals surface area contributed by atoms with Gasteiger partial charge in [0.1, 0.15) is 18.0 Å². The first kappa shape index (κ1) is 19.3. The average Bonchev–Trinajstić information content (AvgIpc) is 3.20. The van der Waals surface area contributed by atoms with Crippen LogP contribution >= 0.6 is 11.8 Å². The highest BCUT2D eigenvalue weighted by Crippen LogP contribution is 2.28. The van der Waals surface area contributed by atoms with Crippen LogP contribution in [0.4, 0.5) is 20.4 Å². The van der Waals surface area contributed by atoms with Gasteiger partial charge in [0.2, 0.25) is 0 Å². The largest absolute Gasteiger partial charge is 0.368 e. The summed E-state index contributed by atoms with van der Waals surface area (Å²) in [7, 11) is 0. The first-order chi connectivity index (χ1) is 13.1. The second-order valence-electron chi connectivity index (χ2n) is 6.01. The predicted octanol–water partition coefficient (Wildman–Crippen LogP) is 3.23. The number of hydrogen-bond donors (Lipinski definition) is 2. The van der Waals surface area contributed by atoms with Crippen molar-refractivity contribution in [2.45, 2.75) is 23.5 Å². The number of carbonyl (C=O) groups excluding carboxylic acids is 1. The molecule has 0 aliphatic carbocycles. The molecule has 27 heavy (non-hydrogen) atoms. The maximum Gasteiger partial charge on any atom is 0.288 e. The molecular weight excluding hydrogens is 372 g/mol. The van der Waals surface area contributed by atoms with E-state index >= 15 is 0 Å². The Balaban J connectivity index is 1.49. The van der Waals surface area contributed by atoms with Crippen molar-refractivity contribution in [3.05, 3.63) is 42.2 Å². The number of hydrogen-bond acceptors (Lipinski definition) is 6. The Bertz CT molecular complexity index is 771. The summed E-state index contributed by atoms with van der Waals surface area (Å²) in [5.74, 6) is -1.36. The molecule has 1 fully saturated rings. The van der Waals surface area contributed by atoms with Crippen molar-refractivity contribution in [1.29, 1.82) is 0 Å². The van der Waals surface area contributed by atoms with Gasteiger partial charge in [0.25, 0.3) is 11.7 Å². The number of nitrogens with zero attached hydrogens (tertiary/aromatic N) is 3. The summed E-state index contributed by atoms with van der Waals surface area (Å²) in [6.45, 7) is 2.81. The number of nitrogens with one attached hydrogen (secondary N) is 2. The van der Waals surface area contributed by atoms with Crippen molar-refractivity contribution in [1.82, 2.24) is 15.3 Å². The molecule has 1 aliphatic rings. The Kier molecular flexibility index (Phi) is 6.80. The van der Waals surface area contributed by atoms with E-state index in [0.29, 0.717) is 30.7 Å². The summed E-state index contributed by atoms with van der Waals surface area (Å²) in [6.07, 6.45) is 3.86.